The fourth-order valence-corrected chi connectivity index (χ4v) is 2.30. The highest BCUT2D eigenvalue weighted by atomic mass is 19.1. The number of anilines is 1. The van der Waals surface area contributed by atoms with Crippen molar-refractivity contribution in [1.82, 2.24) is 14.8 Å². The molecule has 0 fully saturated rings. The molecule has 1 aromatic heterocycles. The Hall–Kier alpha value is -2.42. The lowest BCUT2D eigenvalue weighted by Crippen LogP contribution is -2.08. The Morgan fingerprint density at radius 1 is 1.42 bits per heavy atom. The summed E-state index contributed by atoms with van der Waals surface area (Å²) in [5.74, 6) is 1.30. The summed E-state index contributed by atoms with van der Waals surface area (Å²) in [6, 6.07) is 6.40. The zero-order valence-electron chi connectivity index (χ0n) is 10.2. The van der Waals surface area contributed by atoms with Crippen LogP contribution in [0.2, 0.25) is 0 Å². The van der Waals surface area contributed by atoms with E-state index in [4.69, 9.17) is 5.26 Å². The Bertz CT molecular complexity index is 656. The van der Waals surface area contributed by atoms with E-state index in [-0.39, 0.29) is 5.56 Å². The van der Waals surface area contributed by atoms with Crippen LogP contribution in [0.3, 0.4) is 0 Å². The molecule has 1 aliphatic rings. The molecule has 0 bridgehead atoms. The van der Waals surface area contributed by atoms with E-state index in [0.717, 1.165) is 31.0 Å². The highest BCUT2D eigenvalue weighted by Gasteiger charge is 2.17. The summed E-state index contributed by atoms with van der Waals surface area (Å²) in [6.45, 7) is 1.36. The monoisotopic (exact) mass is 257 g/mol. The molecule has 19 heavy (non-hydrogen) atoms. The van der Waals surface area contributed by atoms with E-state index in [1.165, 1.54) is 6.07 Å². The zero-order valence-corrected chi connectivity index (χ0v) is 10.2. The lowest BCUT2D eigenvalue weighted by Gasteiger charge is -2.08. The number of hydrogen-bond donors (Lipinski definition) is 1. The number of rotatable bonds is 3. The Morgan fingerprint density at radius 2 is 2.32 bits per heavy atom. The molecule has 0 saturated carbocycles. The van der Waals surface area contributed by atoms with Crippen LogP contribution in [0.5, 0.6) is 0 Å². The first kappa shape index (κ1) is 11.7. The number of halogens is 1. The smallest absolute Gasteiger partial charge is 0.152 e. The predicted octanol–water partition coefficient (Wildman–Crippen LogP) is 1.85. The maximum atomic E-state index is 13.4. The number of nitrogens with zero attached hydrogens (tertiary/aromatic N) is 4. The zero-order chi connectivity index (χ0) is 13.2. The van der Waals surface area contributed by atoms with Crippen molar-refractivity contribution in [3.05, 3.63) is 41.2 Å². The molecule has 96 valence electrons. The van der Waals surface area contributed by atoms with Gasteiger partial charge in [0, 0.05) is 13.0 Å². The van der Waals surface area contributed by atoms with Crippen LogP contribution in [0.25, 0.3) is 0 Å². The number of hydrogen-bond acceptors (Lipinski definition) is 4. The van der Waals surface area contributed by atoms with Crippen molar-refractivity contribution < 1.29 is 4.39 Å². The minimum atomic E-state index is -0.515. The van der Waals surface area contributed by atoms with Crippen molar-refractivity contribution in [3.8, 4) is 6.07 Å². The van der Waals surface area contributed by atoms with Gasteiger partial charge >= 0.3 is 0 Å². The van der Waals surface area contributed by atoms with Gasteiger partial charge in [0.15, 0.2) is 5.82 Å². The third kappa shape index (κ3) is 2.03. The molecule has 2 aromatic rings. The maximum absolute atomic E-state index is 13.4. The molecule has 0 amide bonds. The van der Waals surface area contributed by atoms with Crippen LogP contribution in [0.15, 0.2) is 18.2 Å². The molecule has 3 rings (SSSR count). The highest BCUT2D eigenvalue weighted by molar-refractivity contribution is 5.57. The first-order valence-electron chi connectivity index (χ1n) is 6.13. The summed E-state index contributed by atoms with van der Waals surface area (Å²) in [7, 11) is 0. The van der Waals surface area contributed by atoms with Gasteiger partial charge in [-0.3, -0.25) is 0 Å². The van der Waals surface area contributed by atoms with Crippen molar-refractivity contribution in [2.75, 3.05) is 5.32 Å². The molecule has 0 atom stereocenters. The number of nitrogens with one attached hydrogen (secondary N) is 1. The van der Waals surface area contributed by atoms with Crippen LogP contribution in [0, 0.1) is 17.1 Å². The quantitative estimate of drug-likeness (QED) is 0.911. The topological polar surface area (TPSA) is 66.5 Å². The molecule has 6 heteroatoms. The van der Waals surface area contributed by atoms with Gasteiger partial charge in [-0.05, 0) is 18.6 Å². The van der Waals surface area contributed by atoms with E-state index >= 15 is 0 Å². The molecule has 0 aliphatic carbocycles. The third-order valence-electron chi connectivity index (χ3n) is 3.25. The Balaban J connectivity index is 1.80. The lowest BCUT2D eigenvalue weighted by atomic mass is 10.2. The molecule has 0 radical (unpaired) electrons. The van der Waals surface area contributed by atoms with Crippen molar-refractivity contribution >= 4 is 5.69 Å². The predicted molar refractivity (Wildman–Crippen MR) is 66.8 cm³/mol. The van der Waals surface area contributed by atoms with E-state index in [9.17, 15) is 4.39 Å². The molecule has 0 spiro atoms. The summed E-state index contributed by atoms with van der Waals surface area (Å²) < 4.78 is 15.5. The molecule has 1 N–H and O–H groups in total. The van der Waals surface area contributed by atoms with Gasteiger partial charge in [0.2, 0.25) is 0 Å². The maximum Gasteiger partial charge on any atom is 0.152 e. The van der Waals surface area contributed by atoms with Gasteiger partial charge in [-0.25, -0.2) is 4.39 Å². The Kier molecular flexibility index (Phi) is 2.88. The normalized spacial score (nSPS) is 13.1. The molecule has 0 unspecified atom stereocenters. The van der Waals surface area contributed by atoms with Gasteiger partial charge in [0.1, 0.15) is 23.3 Å². The average Bonchev–Trinajstić information content (AvgIpc) is 2.99. The largest absolute Gasteiger partial charge is 0.377 e. The molecule has 2 heterocycles. The van der Waals surface area contributed by atoms with E-state index in [0.29, 0.717) is 12.2 Å². The first-order valence-corrected chi connectivity index (χ1v) is 6.13. The number of nitriles is 1. The standard InChI is InChI=1S/C13H12FN5/c14-10-3-1-4-11(9(10)7-15)16-8-13-18-17-12-5-2-6-19(12)13/h1,3-4,16H,2,5-6,8H2. The Morgan fingerprint density at radius 3 is 3.16 bits per heavy atom. The second-order valence-corrected chi connectivity index (χ2v) is 4.42. The molecular weight excluding hydrogens is 245 g/mol. The molecule has 5 nitrogen and oxygen atoms in total. The molecule has 1 aliphatic heterocycles. The number of fused-ring (bicyclic) bond motifs is 1. The minimum absolute atomic E-state index is 0.0312. The van der Waals surface area contributed by atoms with E-state index in [1.54, 1.807) is 12.1 Å². The third-order valence-corrected chi connectivity index (χ3v) is 3.25. The summed E-state index contributed by atoms with van der Waals surface area (Å²) in [4.78, 5) is 0. The molecular formula is C13H12FN5. The van der Waals surface area contributed by atoms with Gasteiger partial charge in [-0.15, -0.1) is 10.2 Å². The highest BCUT2D eigenvalue weighted by Crippen LogP contribution is 2.19. The number of aryl methyl sites for hydroxylation is 1. The van der Waals surface area contributed by atoms with Crippen LogP contribution in [0.1, 0.15) is 23.6 Å². The van der Waals surface area contributed by atoms with Gasteiger partial charge in [0.25, 0.3) is 0 Å². The van der Waals surface area contributed by atoms with E-state index < -0.39 is 5.82 Å². The molecule has 1 aromatic carbocycles. The summed E-state index contributed by atoms with van der Waals surface area (Å²) in [5.41, 5.74) is 0.515. The van der Waals surface area contributed by atoms with Gasteiger partial charge in [-0.2, -0.15) is 5.26 Å². The second-order valence-electron chi connectivity index (χ2n) is 4.42. The minimum Gasteiger partial charge on any atom is -0.377 e. The van der Waals surface area contributed by atoms with Gasteiger partial charge in [0.05, 0.1) is 12.2 Å². The molecule has 0 saturated heterocycles. The Labute approximate surface area is 109 Å². The van der Waals surface area contributed by atoms with Crippen LogP contribution >= 0.6 is 0 Å². The fraction of sp³-hybridized carbons (Fsp3) is 0.308. The number of aromatic nitrogens is 3. The van der Waals surface area contributed by atoms with Crippen LogP contribution < -0.4 is 5.32 Å². The van der Waals surface area contributed by atoms with Gasteiger partial charge in [-0.1, -0.05) is 6.07 Å². The van der Waals surface area contributed by atoms with Crippen LogP contribution in [-0.4, -0.2) is 14.8 Å². The van der Waals surface area contributed by atoms with Gasteiger partial charge < -0.3 is 9.88 Å². The van der Waals surface area contributed by atoms with Crippen molar-refractivity contribution in [2.45, 2.75) is 25.9 Å². The number of benzene rings is 1. The van der Waals surface area contributed by atoms with Crippen molar-refractivity contribution in [1.29, 1.82) is 5.26 Å². The summed E-state index contributed by atoms with van der Waals surface area (Å²) in [6.07, 6.45) is 2.04. The van der Waals surface area contributed by atoms with E-state index in [1.807, 2.05) is 6.07 Å². The van der Waals surface area contributed by atoms with Crippen molar-refractivity contribution in [3.63, 3.8) is 0 Å². The summed E-state index contributed by atoms with van der Waals surface area (Å²) in [5, 5.41) is 20.2. The van der Waals surface area contributed by atoms with E-state index in [2.05, 4.69) is 20.1 Å². The van der Waals surface area contributed by atoms with Crippen LogP contribution in [-0.2, 0) is 19.5 Å². The second kappa shape index (κ2) is 4.69. The first-order chi connectivity index (χ1) is 9.29. The van der Waals surface area contributed by atoms with Crippen LogP contribution in [0.4, 0.5) is 10.1 Å². The summed E-state index contributed by atoms with van der Waals surface area (Å²) >= 11 is 0. The average molecular weight is 257 g/mol. The van der Waals surface area contributed by atoms with Crippen molar-refractivity contribution in [2.24, 2.45) is 0 Å². The SMILES string of the molecule is N#Cc1c(F)cccc1NCc1nnc2n1CCC2. The lowest BCUT2D eigenvalue weighted by molar-refractivity contribution is 0.624. The fourth-order valence-electron chi connectivity index (χ4n) is 2.30.